The highest BCUT2D eigenvalue weighted by Gasteiger charge is 2.19. The first kappa shape index (κ1) is 14.7. The first-order chi connectivity index (χ1) is 8.54. The van der Waals surface area contributed by atoms with Gasteiger partial charge in [0.05, 0.1) is 6.04 Å². The third-order valence-corrected chi connectivity index (χ3v) is 3.21. The zero-order valence-corrected chi connectivity index (χ0v) is 11.5. The summed E-state index contributed by atoms with van der Waals surface area (Å²) < 4.78 is 0. The Hall–Kier alpha value is -1.35. The molecular weight excluding hydrogens is 224 g/mol. The average molecular weight is 248 g/mol. The van der Waals surface area contributed by atoms with Gasteiger partial charge in [-0.05, 0) is 24.3 Å². The van der Waals surface area contributed by atoms with E-state index in [1.54, 1.807) is 0 Å². The predicted molar refractivity (Wildman–Crippen MR) is 75.2 cm³/mol. The molecule has 1 unspecified atom stereocenters. The SMILES string of the molecule is CCC(NC(=O)[C@H](N)Cc1ccccc1)C(C)C. The molecule has 1 aromatic carbocycles. The van der Waals surface area contributed by atoms with E-state index in [9.17, 15) is 4.79 Å². The summed E-state index contributed by atoms with van der Waals surface area (Å²) in [6.07, 6.45) is 1.52. The minimum absolute atomic E-state index is 0.0561. The van der Waals surface area contributed by atoms with E-state index >= 15 is 0 Å². The fourth-order valence-corrected chi connectivity index (χ4v) is 1.99. The Kier molecular flexibility index (Phi) is 5.86. The van der Waals surface area contributed by atoms with Gasteiger partial charge in [0.1, 0.15) is 0 Å². The molecule has 0 spiro atoms. The van der Waals surface area contributed by atoms with Crippen molar-refractivity contribution >= 4 is 5.91 Å². The second kappa shape index (κ2) is 7.17. The first-order valence-corrected chi connectivity index (χ1v) is 6.64. The quantitative estimate of drug-likeness (QED) is 0.810. The van der Waals surface area contributed by atoms with Gasteiger partial charge in [0.2, 0.25) is 5.91 Å². The van der Waals surface area contributed by atoms with E-state index < -0.39 is 6.04 Å². The van der Waals surface area contributed by atoms with Crippen LogP contribution >= 0.6 is 0 Å². The molecule has 0 saturated heterocycles. The molecule has 0 radical (unpaired) electrons. The highest BCUT2D eigenvalue weighted by atomic mass is 16.2. The maximum absolute atomic E-state index is 12.0. The monoisotopic (exact) mass is 248 g/mol. The lowest BCUT2D eigenvalue weighted by Crippen LogP contribution is -2.47. The van der Waals surface area contributed by atoms with Gasteiger partial charge in [-0.2, -0.15) is 0 Å². The predicted octanol–water partition coefficient (Wildman–Crippen LogP) is 2.11. The minimum Gasteiger partial charge on any atom is -0.352 e. The number of carbonyl (C=O) groups is 1. The van der Waals surface area contributed by atoms with Crippen molar-refractivity contribution in [2.75, 3.05) is 0 Å². The lowest BCUT2D eigenvalue weighted by atomic mass is 10.0. The highest BCUT2D eigenvalue weighted by Crippen LogP contribution is 2.07. The fourth-order valence-electron chi connectivity index (χ4n) is 1.99. The van der Waals surface area contributed by atoms with Crippen molar-refractivity contribution in [3.63, 3.8) is 0 Å². The molecule has 0 aliphatic carbocycles. The van der Waals surface area contributed by atoms with Gasteiger partial charge in [-0.1, -0.05) is 51.1 Å². The third kappa shape index (κ3) is 4.49. The summed E-state index contributed by atoms with van der Waals surface area (Å²) in [7, 11) is 0. The molecule has 0 aliphatic rings. The number of nitrogens with one attached hydrogen (secondary N) is 1. The summed E-state index contributed by atoms with van der Waals surface area (Å²) in [5.41, 5.74) is 7.04. The van der Waals surface area contributed by atoms with Crippen LogP contribution in [-0.2, 0) is 11.2 Å². The van der Waals surface area contributed by atoms with Crippen molar-refractivity contribution < 1.29 is 4.79 Å². The Bertz CT molecular complexity index is 362. The van der Waals surface area contributed by atoms with Crippen molar-refractivity contribution in [3.05, 3.63) is 35.9 Å². The summed E-state index contributed by atoms with van der Waals surface area (Å²) >= 11 is 0. The van der Waals surface area contributed by atoms with E-state index in [4.69, 9.17) is 5.73 Å². The van der Waals surface area contributed by atoms with Crippen LogP contribution in [0.25, 0.3) is 0 Å². The Labute approximate surface area is 110 Å². The molecule has 1 rings (SSSR count). The van der Waals surface area contributed by atoms with Crippen molar-refractivity contribution in [2.45, 2.75) is 45.7 Å². The van der Waals surface area contributed by atoms with Crippen LogP contribution in [0.4, 0.5) is 0 Å². The standard InChI is InChI=1S/C15H24N2O/c1-4-14(11(2)3)17-15(18)13(16)10-12-8-6-5-7-9-12/h5-9,11,13-14H,4,10,16H2,1-3H3,(H,17,18)/t13-,14?/m1/s1. The van der Waals surface area contributed by atoms with Crippen LogP contribution in [0.1, 0.15) is 32.8 Å². The number of amides is 1. The van der Waals surface area contributed by atoms with Gasteiger partial charge < -0.3 is 11.1 Å². The van der Waals surface area contributed by atoms with Crippen LogP contribution in [0.3, 0.4) is 0 Å². The molecule has 1 amide bonds. The molecule has 0 aromatic heterocycles. The summed E-state index contributed by atoms with van der Waals surface area (Å²) in [5.74, 6) is 0.377. The van der Waals surface area contributed by atoms with Gasteiger partial charge >= 0.3 is 0 Å². The number of benzene rings is 1. The molecule has 18 heavy (non-hydrogen) atoms. The van der Waals surface area contributed by atoms with Gasteiger partial charge in [-0.25, -0.2) is 0 Å². The largest absolute Gasteiger partial charge is 0.352 e. The lowest BCUT2D eigenvalue weighted by molar-refractivity contribution is -0.123. The molecule has 100 valence electrons. The minimum atomic E-state index is -0.472. The van der Waals surface area contributed by atoms with Crippen LogP contribution < -0.4 is 11.1 Å². The fraction of sp³-hybridized carbons (Fsp3) is 0.533. The Balaban J connectivity index is 2.51. The van der Waals surface area contributed by atoms with Crippen LogP contribution in [-0.4, -0.2) is 18.0 Å². The van der Waals surface area contributed by atoms with Gasteiger partial charge in [0, 0.05) is 6.04 Å². The second-order valence-corrected chi connectivity index (χ2v) is 5.06. The second-order valence-electron chi connectivity index (χ2n) is 5.06. The Morgan fingerprint density at radius 1 is 1.28 bits per heavy atom. The number of rotatable bonds is 6. The number of carbonyl (C=O) groups excluding carboxylic acids is 1. The van der Waals surface area contributed by atoms with Crippen LogP contribution in [0.2, 0.25) is 0 Å². The van der Waals surface area contributed by atoms with Gasteiger partial charge in [-0.3, -0.25) is 4.79 Å². The van der Waals surface area contributed by atoms with E-state index in [1.165, 1.54) is 0 Å². The van der Waals surface area contributed by atoms with E-state index in [-0.39, 0.29) is 11.9 Å². The normalized spacial score (nSPS) is 14.3. The van der Waals surface area contributed by atoms with Gasteiger partial charge in [0.15, 0.2) is 0 Å². The molecule has 0 aliphatic heterocycles. The molecule has 3 nitrogen and oxygen atoms in total. The van der Waals surface area contributed by atoms with Crippen molar-refractivity contribution in [3.8, 4) is 0 Å². The third-order valence-electron chi connectivity index (χ3n) is 3.21. The lowest BCUT2D eigenvalue weighted by Gasteiger charge is -2.22. The molecule has 0 heterocycles. The molecule has 0 bridgehead atoms. The smallest absolute Gasteiger partial charge is 0.237 e. The van der Waals surface area contributed by atoms with Gasteiger partial charge in [-0.15, -0.1) is 0 Å². The number of hydrogen-bond acceptors (Lipinski definition) is 2. The van der Waals surface area contributed by atoms with E-state index in [0.717, 1.165) is 12.0 Å². The average Bonchev–Trinajstić information content (AvgIpc) is 2.36. The first-order valence-electron chi connectivity index (χ1n) is 6.64. The van der Waals surface area contributed by atoms with E-state index in [2.05, 4.69) is 26.1 Å². The maximum Gasteiger partial charge on any atom is 0.237 e. The van der Waals surface area contributed by atoms with Crippen molar-refractivity contribution in [1.29, 1.82) is 0 Å². The number of nitrogens with two attached hydrogens (primary N) is 1. The van der Waals surface area contributed by atoms with Gasteiger partial charge in [0.25, 0.3) is 0 Å². The van der Waals surface area contributed by atoms with Crippen LogP contribution in [0, 0.1) is 5.92 Å². The summed E-state index contributed by atoms with van der Waals surface area (Å²) in [6, 6.07) is 9.60. The molecule has 1 aromatic rings. The highest BCUT2D eigenvalue weighted by molar-refractivity contribution is 5.82. The van der Waals surface area contributed by atoms with Crippen molar-refractivity contribution in [2.24, 2.45) is 11.7 Å². The zero-order valence-electron chi connectivity index (χ0n) is 11.5. The molecule has 2 atom stereocenters. The Morgan fingerprint density at radius 2 is 1.89 bits per heavy atom. The van der Waals surface area contributed by atoms with Crippen LogP contribution in [0.15, 0.2) is 30.3 Å². The van der Waals surface area contributed by atoms with E-state index in [1.807, 2.05) is 30.3 Å². The summed E-state index contributed by atoms with van der Waals surface area (Å²) in [6.45, 7) is 6.29. The summed E-state index contributed by atoms with van der Waals surface area (Å²) in [5, 5.41) is 3.02. The Morgan fingerprint density at radius 3 is 2.39 bits per heavy atom. The number of hydrogen-bond donors (Lipinski definition) is 2. The molecule has 3 heteroatoms. The maximum atomic E-state index is 12.0. The molecule has 0 saturated carbocycles. The van der Waals surface area contributed by atoms with Crippen LogP contribution in [0.5, 0.6) is 0 Å². The van der Waals surface area contributed by atoms with Crippen molar-refractivity contribution in [1.82, 2.24) is 5.32 Å². The molecule has 3 N–H and O–H groups in total. The van der Waals surface area contributed by atoms with E-state index in [0.29, 0.717) is 12.3 Å². The molecular formula is C15H24N2O. The molecule has 0 fully saturated rings. The topological polar surface area (TPSA) is 55.1 Å². The zero-order chi connectivity index (χ0) is 13.5. The summed E-state index contributed by atoms with van der Waals surface area (Å²) in [4.78, 5) is 12.0.